The van der Waals surface area contributed by atoms with Crippen molar-refractivity contribution in [1.29, 1.82) is 0 Å². The first-order chi connectivity index (χ1) is 9.83. The molecule has 0 atom stereocenters. The van der Waals surface area contributed by atoms with Gasteiger partial charge in [-0.15, -0.1) is 0 Å². The van der Waals surface area contributed by atoms with E-state index in [0.29, 0.717) is 0 Å². The molecule has 2 rings (SSSR count). The maximum Gasteiger partial charge on any atom is 0.187 e. The number of allylic oxidation sites excluding steroid dienone is 2. The summed E-state index contributed by atoms with van der Waals surface area (Å²) in [6.45, 7) is 2.22. The quantitative estimate of drug-likeness (QED) is 0.395. The summed E-state index contributed by atoms with van der Waals surface area (Å²) in [6, 6.07) is 7.91. The van der Waals surface area contributed by atoms with E-state index in [-0.39, 0.29) is 5.78 Å². The lowest BCUT2D eigenvalue weighted by molar-refractivity contribution is 0.104. The molecule has 0 saturated heterocycles. The summed E-state index contributed by atoms with van der Waals surface area (Å²) in [7, 11) is 0. The fraction of sp³-hybridized carbons (Fsp3) is 0.389. The number of unbranched alkanes of at least 4 members (excludes halogenated alkanes) is 5. The Morgan fingerprint density at radius 1 is 1.15 bits per heavy atom. The molecule has 0 unspecified atom stereocenters. The molecule has 2 aromatic rings. The fourth-order valence-corrected chi connectivity index (χ4v) is 2.42. The van der Waals surface area contributed by atoms with Crippen molar-refractivity contribution in [2.75, 3.05) is 0 Å². The first-order valence-corrected chi connectivity index (χ1v) is 7.60. The number of aromatic nitrogens is 1. The average molecular weight is 269 g/mol. The lowest BCUT2D eigenvalue weighted by Gasteiger charge is -1.96. The standard InChI is InChI=1S/C18H23NO/c1-2-3-4-5-6-7-8-13-18(20)16-14-19-17-12-10-9-11-15(16)17/h8-14,19H,2-7H2,1H3. The Balaban J connectivity index is 1.85. The number of H-pyrrole nitrogens is 1. The van der Waals surface area contributed by atoms with Gasteiger partial charge in [-0.3, -0.25) is 4.79 Å². The second-order valence-electron chi connectivity index (χ2n) is 5.22. The number of ketones is 1. The van der Waals surface area contributed by atoms with Gasteiger partial charge >= 0.3 is 0 Å². The van der Waals surface area contributed by atoms with E-state index in [9.17, 15) is 4.79 Å². The SMILES string of the molecule is CCCCCCCC=CC(=O)c1c[nH]c2ccccc12. The number of fused-ring (bicyclic) bond motifs is 1. The van der Waals surface area contributed by atoms with Gasteiger partial charge in [0.05, 0.1) is 0 Å². The Morgan fingerprint density at radius 3 is 2.80 bits per heavy atom. The van der Waals surface area contributed by atoms with E-state index in [1.807, 2.05) is 30.3 Å². The van der Waals surface area contributed by atoms with Crippen LogP contribution in [0, 0.1) is 0 Å². The molecule has 0 bridgehead atoms. The minimum Gasteiger partial charge on any atom is -0.360 e. The first-order valence-electron chi connectivity index (χ1n) is 7.60. The molecule has 106 valence electrons. The van der Waals surface area contributed by atoms with Gasteiger partial charge in [-0.2, -0.15) is 0 Å². The van der Waals surface area contributed by atoms with Gasteiger partial charge in [-0.25, -0.2) is 0 Å². The molecule has 0 spiro atoms. The maximum atomic E-state index is 12.1. The molecule has 0 aliphatic carbocycles. The van der Waals surface area contributed by atoms with E-state index in [2.05, 4.69) is 11.9 Å². The molecule has 0 aliphatic rings. The van der Waals surface area contributed by atoms with Crippen molar-refractivity contribution in [3.63, 3.8) is 0 Å². The number of nitrogens with one attached hydrogen (secondary N) is 1. The summed E-state index contributed by atoms with van der Waals surface area (Å²) in [6.07, 6.45) is 12.9. The molecule has 1 aromatic carbocycles. The molecule has 1 heterocycles. The number of carbonyl (C=O) groups excluding carboxylic acids is 1. The highest BCUT2D eigenvalue weighted by Crippen LogP contribution is 2.18. The van der Waals surface area contributed by atoms with Gasteiger partial charge < -0.3 is 4.98 Å². The summed E-state index contributed by atoms with van der Waals surface area (Å²) in [5.74, 6) is 0.0935. The van der Waals surface area contributed by atoms with Crippen molar-refractivity contribution in [3.8, 4) is 0 Å². The molecule has 2 heteroatoms. The zero-order valence-electron chi connectivity index (χ0n) is 12.2. The molecule has 1 N–H and O–H groups in total. The molecule has 0 radical (unpaired) electrons. The smallest absolute Gasteiger partial charge is 0.187 e. The van der Waals surface area contributed by atoms with Crippen LogP contribution in [0.5, 0.6) is 0 Å². The lowest BCUT2D eigenvalue weighted by atomic mass is 10.1. The van der Waals surface area contributed by atoms with Gasteiger partial charge in [-0.05, 0) is 25.0 Å². The Hall–Kier alpha value is -1.83. The monoisotopic (exact) mass is 269 g/mol. The van der Waals surface area contributed by atoms with Crippen LogP contribution in [0.1, 0.15) is 55.8 Å². The van der Waals surface area contributed by atoms with Crippen LogP contribution in [0.4, 0.5) is 0 Å². The third kappa shape index (κ3) is 3.83. The normalized spacial score (nSPS) is 11.4. The number of aromatic amines is 1. The lowest BCUT2D eigenvalue weighted by Crippen LogP contribution is -1.92. The topological polar surface area (TPSA) is 32.9 Å². The highest BCUT2D eigenvalue weighted by molar-refractivity contribution is 6.13. The predicted octanol–water partition coefficient (Wildman–Crippen LogP) is 5.27. The van der Waals surface area contributed by atoms with Crippen LogP contribution in [0.25, 0.3) is 10.9 Å². The van der Waals surface area contributed by atoms with Crippen molar-refractivity contribution in [1.82, 2.24) is 4.98 Å². The van der Waals surface area contributed by atoms with Crippen LogP contribution in [-0.2, 0) is 0 Å². The predicted molar refractivity (Wildman–Crippen MR) is 85.1 cm³/mol. The zero-order chi connectivity index (χ0) is 14.2. The number of para-hydroxylation sites is 1. The average Bonchev–Trinajstić information content (AvgIpc) is 2.90. The minimum absolute atomic E-state index is 0.0935. The summed E-state index contributed by atoms with van der Waals surface area (Å²) in [5, 5.41) is 1.00. The third-order valence-electron chi connectivity index (χ3n) is 3.60. The van der Waals surface area contributed by atoms with E-state index >= 15 is 0 Å². The van der Waals surface area contributed by atoms with E-state index in [1.54, 1.807) is 12.3 Å². The van der Waals surface area contributed by atoms with Gasteiger partial charge in [0.1, 0.15) is 0 Å². The molecular formula is C18H23NO. The van der Waals surface area contributed by atoms with E-state index in [4.69, 9.17) is 0 Å². The van der Waals surface area contributed by atoms with Crippen molar-refractivity contribution in [3.05, 3.63) is 48.2 Å². The molecule has 20 heavy (non-hydrogen) atoms. The van der Waals surface area contributed by atoms with Crippen LogP contribution in [0.2, 0.25) is 0 Å². The molecule has 0 saturated carbocycles. The summed E-state index contributed by atoms with van der Waals surface area (Å²) in [5.41, 5.74) is 1.78. The third-order valence-corrected chi connectivity index (χ3v) is 3.60. The number of rotatable bonds is 8. The minimum atomic E-state index is 0.0935. The summed E-state index contributed by atoms with van der Waals surface area (Å²) < 4.78 is 0. The maximum absolute atomic E-state index is 12.1. The van der Waals surface area contributed by atoms with Crippen molar-refractivity contribution in [2.24, 2.45) is 0 Å². The molecule has 0 fully saturated rings. The van der Waals surface area contributed by atoms with Crippen molar-refractivity contribution in [2.45, 2.75) is 45.4 Å². The second-order valence-corrected chi connectivity index (χ2v) is 5.22. The fourth-order valence-electron chi connectivity index (χ4n) is 2.42. The molecule has 0 aliphatic heterocycles. The Labute approximate surface area is 120 Å². The van der Waals surface area contributed by atoms with Gasteiger partial charge in [0, 0.05) is 22.7 Å². The number of hydrogen-bond donors (Lipinski definition) is 1. The Kier molecular flexibility index (Phi) is 5.60. The number of carbonyl (C=O) groups is 1. The van der Waals surface area contributed by atoms with Crippen LogP contribution >= 0.6 is 0 Å². The zero-order valence-corrected chi connectivity index (χ0v) is 12.2. The molecule has 2 nitrogen and oxygen atoms in total. The summed E-state index contributed by atoms with van der Waals surface area (Å²) >= 11 is 0. The van der Waals surface area contributed by atoms with Gasteiger partial charge in [-0.1, -0.05) is 56.9 Å². The van der Waals surface area contributed by atoms with Crippen LogP contribution in [-0.4, -0.2) is 10.8 Å². The van der Waals surface area contributed by atoms with Crippen LogP contribution in [0.3, 0.4) is 0 Å². The van der Waals surface area contributed by atoms with Crippen molar-refractivity contribution >= 4 is 16.7 Å². The highest BCUT2D eigenvalue weighted by Gasteiger charge is 2.08. The first kappa shape index (κ1) is 14.6. The van der Waals surface area contributed by atoms with Gasteiger partial charge in [0.25, 0.3) is 0 Å². The van der Waals surface area contributed by atoms with E-state index < -0.39 is 0 Å². The van der Waals surface area contributed by atoms with Gasteiger partial charge in [0.15, 0.2) is 5.78 Å². The second kappa shape index (κ2) is 7.68. The molecule has 1 aromatic heterocycles. The van der Waals surface area contributed by atoms with E-state index in [1.165, 1.54) is 32.1 Å². The van der Waals surface area contributed by atoms with Gasteiger partial charge in [0.2, 0.25) is 0 Å². The Morgan fingerprint density at radius 2 is 1.95 bits per heavy atom. The van der Waals surface area contributed by atoms with E-state index in [0.717, 1.165) is 22.9 Å². The van der Waals surface area contributed by atoms with Crippen LogP contribution in [0.15, 0.2) is 42.6 Å². The largest absolute Gasteiger partial charge is 0.360 e. The molecule has 0 amide bonds. The number of benzene rings is 1. The Bertz CT molecular complexity index is 580. The van der Waals surface area contributed by atoms with Crippen molar-refractivity contribution < 1.29 is 4.79 Å². The number of hydrogen-bond acceptors (Lipinski definition) is 1. The molecular weight excluding hydrogens is 246 g/mol. The highest BCUT2D eigenvalue weighted by atomic mass is 16.1. The van der Waals surface area contributed by atoms with Crippen LogP contribution < -0.4 is 0 Å². The summed E-state index contributed by atoms with van der Waals surface area (Å²) in [4.78, 5) is 15.3.